The fourth-order valence-corrected chi connectivity index (χ4v) is 6.62. The maximum absolute atomic E-state index is 13.3. The fraction of sp³-hybridized carbons (Fsp3) is 0.483. The summed E-state index contributed by atoms with van der Waals surface area (Å²) in [6.45, 7) is 6.67. The molecule has 2 amide bonds. The molecule has 5 heterocycles. The minimum atomic E-state index is 0.0129. The number of methoxy groups -OCH3 is 1. The van der Waals surface area contributed by atoms with Gasteiger partial charge in [0.1, 0.15) is 22.9 Å². The van der Waals surface area contributed by atoms with Gasteiger partial charge >= 0.3 is 0 Å². The van der Waals surface area contributed by atoms with E-state index < -0.39 is 0 Å². The summed E-state index contributed by atoms with van der Waals surface area (Å²) in [5, 5.41) is 18.3. The Bertz CT molecular complexity index is 1460. The molecule has 0 atom stereocenters. The van der Waals surface area contributed by atoms with Crippen molar-refractivity contribution in [2.24, 2.45) is 11.3 Å². The summed E-state index contributed by atoms with van der Waals surface area (Å²) in [5.74, 6) is 0.995. The van der Waals surface area contributed by atoms with Crippen molar-refractivity contribution in [1.29, 1.82) is 5.26 Å². The molecule has 1 spiro atoms. The van der Waals surface area contributed by atoms with Crippen molar-refractivity contribution >= 4 is 17.3 Å². The summed E-state index contributed by atoms with van der Waals surface area (Å²) in [4.78, 5) is 29.0. The molecule has 3 aromatic heterocycles. The number of fused-ring (bicyclic) bond motifs is 1. The van der Waals surface area contributed by atoms with Gasteiger partial charge in [-0.1, -0.05) is 6.58 Å². The molecule has 10 nitrogen and oxygen atoms in total. The van der Waals surface area contributed by atoms with Crippen LogP contribution in [0.5, 0.6) is 5.75 Å². The molecule has 2 saturated heterocycles. The summed E-state index contributed by atoms with van der Waals surface area (Å²) in [6.07, 6.45) is 14.3. The number of nitrogens with zero attached hydrogens (tertiary/aromatic N) is 7. The third-order valence-corrected chi connectivity index (χ3v) is 8.94. The zero-order valence-corrected chi connectivity index (χ0v) is 22.3. The Kier molecular flexibility index (Phi) is 6.37. The largest absolute Gasteiger partial charge is 0.494 e. The SMILES string of the molecule is C=CC(=O)N1CC2(CCC(C(=O)N3CCC(n4cc(-c5cc(OC)c6c(C#N)cnn6c5)cn4)CC3)CC2)C1. The Hall–Kier alpha value is -4.13. The lowest BCUT2D eigenvalue weighted by Gasteiger charge is -2.53. The van der Waals surface area contributed by atoms with E-state index in [9.17, 15) is 14.9 Å². The molecule has 0 bridgehead atoms. The molecule has 0 radical (unpaired) electrons. The molecule has 39 heavy (non-hydrogen) atoms. The number of likely N-dealkylation sites (tertiary alicyclic amines) is 2. The normalized spacial score (nSPS) is 19.6. The molecule has 2 aliphatic heterocycles. The predicted molar refractivity (Wildman–Crippen MR) is 144 cm³/mol. The van der Waals surface area contributed by atoms with Gasteiger partial charge in [-0.05, 0) is 50.7 Å². The quantitative estimate of drug-likeness (QED) is 0.470. The van der Waals surface area contributed by atoms with E-state index in [0.29, 0.717) is 22.7 Å². The zero-order chi connectivity index (χ0) is 27.1. The standard InChI is InChI=1S/C29H33N7O3/c1-3-26(37)34-18-29(19-34)8-4-20(5-9-29)28(38)33-10-6-24(7-11-33)35-17-23(15-31-35)21-12-25(39-2)27-22(13-30)14-32-36(27)16-21/h3,12,14-17,20,24H,1,4-11,18-19H2,2H3. The van der Waals surface area contributed by atoms with E-state index in [1.807, 2.05) is 39.1 Å². The summed E-state index contributed by atoms with van der Waals surface area (Å²) in [6, 6.07) is 4.30. The minimum absolute atomic E-state index is 0.0129. The summed E-state index contributed by atoms with van der Waals surface area (Å²) >= 11 is 0. The molecular formula is C29H33N7O3. The molecule has 10 heteroatoms. The maximum Gasteiger partial charge on any atom is 0.245 e. The zero-order valence-electron chi connectivity index (χ0n) is 22.3. The van der Waals surface area contributed by atoms with E-state index in [1.165, 1.54) is 6.08 Å². The first kappa shape index (κ1) is 25.2. The number of amides is 2. The Morgan fingerprint density at radius 1 is 1.08 bits per heavy atom. The predicted octanol–water partition coefficient (Wildman–Crippen LogP) is 3.45. The first-order valence-electron chi connectivity index (χ1n) is 13.6. The Morgan fingerprint density at radius 3 is 2.49 bits per heavy atom. The minimum Gasteiger partial charge on any atom is -0.494 e. The molecular weight excluding hydrogens is 494 g/mol. The first-order chi connectivity index (χ1) is 18.9. The lowest BCUT2D eigenvalue weighted by atomic mass is 9.65. The summed E-state index contributed by atoms with van der Waals surface area (Å²) < 4.78 is 9.22. The molecule has 0 N–H and O–H groups in total. The highest BCUT2D eigenvalue weighted by atomic mass is 16.5. The van der Waals surface area contributed by atoms with Gasteiger partial charge in [0.05, 0.1) is 25.5 Å². The number of pyridine rings is 1. The fourth-order valence-electron chi connectivity index (χ4n) is 6.62. The molecule has 3 fully saturated rings. The van der Waals surface area contributed by atoms with Crippen molar-refractivity contribution in [3.63, 3.8) is 0 Å². The second-order valence-corrected chi connectivity index (χ2v) is 11.2. The maximum atomic E-state index is 13.3. The van der Waals surface area contributed by atoms with E-state index >= 15 is 0 Å². The average Bonchev–Trinajstić information content (AvgIpc) is 3.62. The number of ether oxygens (including phenoxy) is 1. The molecule has 3 aromatic rings. The second kappa shape index (κ2) is 9.88. The van der Waals surface area contributed by atoms with Gasteiger partial charge in [0.15, 0.2) is 0 Å². The van der Waals surface area contributed by atoms with Crippen molar-refractivity contribution in [3.8, 4) is 22.9 Å². The van der Waals surface area contributed by atoms with Crippen LogP contribution in [0, 0.1) is 22.7 Å². The number of aromatic nitrogens is 4. The topological polar surface area (TPSA) is 109 Å². The van der Waals surface area contributed by atoms with Crippen molar-refractivity contribution in [2.75, 3.05) is 33.3 Å². The lowest BCUT2D eigenvalue weighted by Crippen LogP contribution is -2.59. The third kappa shape index (κ3) is 4.46. The van der Waals surface area contributed by atoms with Crippen LogP contribution in [-0.2, 0) is 9.59 Å². The number of rotatable bonds is 5. The van der Waals surface area contributed by atoms with Crippen LogP contribution in [0.3, 0.4) is 0 Å². The van der Waals surface area contributed by atoms with Crippen molar-refractivity contribution in [1.82, 2.24) is 29.2 Å². The van der Waals surface area contributed by atoms with Gasteiger partial charge < -0.3 is 14.5 Å². The van der Waals surface area contributed by atoms with Gasteiger partial charge in [0.2, 0.25) is 11.8 Å². The van der Waals surface area contributed by atoms with E-state index in [0.717, 1.165) is 75.8 Å². The molecule has 0 unspecified atom stereocenters. The lowest BCUT2D eigenvalue weighted by molar-refractivity contribution is -0.146. The molecule has 1 aliphatic carbocycles. The molecule has 202 valence electrons. The number of nitriles is 1. The van der Waals surface area contributed by atoms with Crippen LogP contribution in [0.2, 0.25) is 0 Å². The molecule has 1 saturated carbocycles. The number of carbonyl (C=O) groups excluding carboxylic acids is 2. The Labute approximate surface area is 227 Å². The van der Waals surface area contributed by atoms with Gasteiger partial charge in [-0.25, -0.2) is 4.52 Å². The van der Waals surface area contributed by atoms with Gasteiger partial charge in [-0.15, -0.1) is 0 Å². The highest BCUT2D eigenvalue weighted by Gasteiger charge is 2.47. The molecule has 6 rings (SSSR count). The average molecular weight is 528 g/mol. The van der Waals surface area contributed by atoms with Crippen LogP contribution in [-0.4, -0.2) is 74.3 Å². The molecule has 3 aliphatic rings. The van der Waals surface area contributed by atoms with Gasteiger partial charge in [0, 0.05) is 61.0 Å². The number of carbonyl (C=O) groups is 2. The van der Waals surface area contributed by atoms with Gasteiger partial charge in [-0.2, -0.15) is 15.5 Å². The first-order valence-corrected chi connectivity index (χ1v) is 13.6. The van der Waals surface area contributed by atoms with Gasteiger partial charge in [-0.3, -0.25) is 14.3 Å². The molecule has 0 aromatic carbocycles. The number of hydrogen-bond donors (Lipinski definition) is 0. The van der Waals surface area contributed by atoms with Crippen molar-refractivity contribution in [3.05, 3.63) is 49.1 Å². The van der Waals surface area contributed by atoms with E-state index in [4.69, 9.17) is 4.74 Å². The smallest absolute Gasteiger partial charge is 0.245 e. The highest BCUT2D eigenvalue weighted by molar-refractivity contribution is 5.87. The van der Waals surface area contributed by atoms with Crippen LogP contribution < -0.4 is 4.74 Å². The van der Waals surface area contributed by atoms with Gasteiger partial charge in [0.25, 0.3) is 0 Å². The highest BCUT2D eigenvalue weighted by Crippen LogP contribution is 2.46. The summed E-state index contributed by atoms with van der Waals surface area (Å²) in [7, 11) is 1.59. The van der Waals surface area contributed by atoms with Crippen LogP contribution >= 0.6 is 0 Å². The third-order valence-electron chi connectivity index (χ3n) is 8.94. The summed E-state index contributed by atoms with van der Waals surface area (Å²) in [5.41, 5.74) is 3.19. The van der Waals surface area contributed by atoms with Crippen LogP contribution in [0.1, 0.15) is 50.1 Å². The van der Waals surface area contributed by atoms with Crippen LogP contribution in [0.4, 0.5) is 0 Å². The Morgan fingerprint density at radius 2 is 1.82 bits per heavy atom. The number of hydrogen-bond acceptors (Lipinski definition) is 6. The second-order valence-electron chi connectivity index (χ2n) is 11.2. The van der Waals surface area contributed by atoms with Crippen molar-refractivity contribution in [2.45, 2.75) is 44.6 Å². The van der Waals surface area contributed by atoms with Crippen LogP contribution in [0.25, 0.3) is 16.6 Å². The van der Waals surface area contributed by atoms with E-state index in [-0.39, 0.29) is 23.3 Å². The van der Waals surface area contributed by atoms with E-state index in [2.05, 4.69) is 22.8 Å². The Balaban J connectivity index is 1.05. The van der Waals surface area contributed by atoms with E-state index in [1.54, 1.807) is 17.8 Å². The monoisotopic (exact) mass is 527 g/mol. The van der Waals surface area contributed by atoms with Crippen molar-refractivity contribution < 1.29 is 14.3 Å². The number of piperidine rings is 1. The van der Waals surface area contributed by atoms with Crippen LogP contribution in [0.15, 0.2) is 43.5 Å².